The van der Waals surface area contributed by atoms with Gasteiger partial charge in [0, 0.05) is 22.0 Å². The zero-order valence-electron chi connectivity index (χ0n) is 18.3. The molecule has 0 fully saturated rings. The molecule has 2 unspecified atom stereocenters. The number of rotatable bonds is 8. The van der Waals surface area contributed by atoms with Gasteiger partial charge in [-0.05, 0) is 48.4 Å². The van der Waals surface area contributed by atoms with Crippen LogP contribution in [0.2, 0.25) is 10.0 Å². The van der Waals surface area contributed by atoms with Gasteiger partial charge in [0.15, 0.2) is 0 Å². The normalized spacial score (nSPS) is 20.0. The van der Waals surface area contributed by atoms with Crippen molar-refractivity contribution >= 4 is 40.5 Å². The minimum atomic E-state index is -4.82. The van der Waals surface area contributed by atoms with Crippen LogP contribution in [0, 0.1) is 0 Å². The number of hydrazine groups is 1. The fraction of sp³-hybridized carbons (Fsp3) is 0.208. The van der Waals surface area contributed by atoms with Gasteiger partial charge in [-0.3, -0.25) is 0 Å². The highest BCUT2D eigenvalue weighted by atomic mass is 35.5. The van der Waals surface area contributed by atoms with Crippen LogP contribution in [0.4, 0.5) is 13.2 Å². The van der Waals surface area contributed by atoms with Gasteiger partial charge in [-0.2, -0.15) is 13.2 Å². The SMILES string of the molecule is C=C/C(Cl)=C(\C=C(/C)C1=NOC(c2cc(Cl)cc(Cl)c2)(C(F)(F)F)C1)NNC(O)c1ccccc1. The highest BCUT2D eigenvalue weighted by Gasteiger charge is 2.62. The van der Waals surface area contributed by atoms with Crippen LogP contribution in [0.1, 0.15) is 30.7 Å². The Morgan fingerprint density at radius 1 is 1.20 bits per heavy atom. The van der Waals surface area contributed by atoms with Gasteiger partial charge in [-0.1, -0.05) is 76.9 Å². The van der Waals surface area contributed by atoms with Crippen molar-refractivity contribution in [3.8, 4) is 0 Å². The first-order valence-corrected chi connectivity index (χ1v) is 11.3. The molecule has 2 aromatic carbocycles. The molecule has 2 atom stereocenters. The zero-order chi connectivity index (χ0) is 25.8. The first-order valence-electron chi connectivity index (χ1n) is 10.2. The number of halogens is 6. The monoisotopic (exact) mass is 545 g/mol. The highest BCUT2D eigenvalue weighted by Crippen LogP contribution is 2.49. The molecule has 3 N–H and O–H groups in total. The number of benzene rings is 2. The van der Waals surface area contributed by atoms with E-state index < -0.39 is 24.4 Å². The maximum absolute atomic E-state index is 14.2. The molecule has 0 saturated heterocycles. The van der Waals surface area contributed by atoms with Gasteiger partial charge in [0.2, 0.25) is 0 Å². The predicted octanol–water partition coefficient (Wildman–Crippen LogP) is 6.90. The van der Waals surface area contributed by atoms with Crippen molar-refractivity contribution in [2.45, 2.75) is 31.3 Å². The van der Waals surface area contributed by atoms with Crippen LogP contribution in [-0.2, 0) is 10.4 Å². The Kier molecular flexibility index (Phi) is 8.56. The van der Waals surface area contributed by atoms with Crippen LogP contribution in [-0.4, -0.2) is 17.0 Å². The molecule has 5 nitrogen and oxygen atoms in total. The van der Waals surface area contributed by atoms with Crippen LogP contribution in [0.15, 0.2) is 88.7 Å². The molecule has 0 aromatic heterocycles. The molecule has 186 valence electrons. The molecule has 0 amide bonds. The summed E-state index contributed by atoms with van der Waals surface area (Å²) >= 11 is 18.1. The minimum absolute atomic E-state index is 0.0369. The van der Waals surface area contributed by atoms with E-state index in [0.717, 1.165) is 12.1 Å². The summed E-state index contributed by atoms with van der Waals surface area (Å²) in [5.41, 5.74) is 3.62. The lowest BCUT2D eigenvalue weighted by Crippen LogP contribution is -2.42. The summed E-state index contributed by atoms with van der Waals surface area (Å²) in [6, 6.07) is 12.4. The Morgan fingerprint density at radius 3 is 2.40 bits per heavy atom. The van der Waals surface area contributed by atoms with Gasteiger partial charge in [-0.15, -0.1) is 0 Å². The molecular weight excluding hydrogens is 526 g/mol. The highest BCUT2D eigenvalue weighted by molar-refractivity contribution is 6.34. The lowest BCUT2D eigenvalue weighted by Gasteiger charge is -2.29. The summed E-state index contributed by atoms with van der Waals surface area (Å²) in [4.78, 5) is 5.02. The molecule has 3 rings (SSSR count). The van der Waals surface area contributed by atoms with Crippen molar-refractivity contribution < 1.29 is 23.1 Å². The molecular formula is C24H21Cl3F3N3O2. The predicted molar refractivity (Wildman–Crippen MR) is 132 cm³/mol. The second-order valence-corrected chi connectivity index (χ2v) is 8.94. The van der Waals surface area contributed by atoms with E-state index in [4.69, 9.17) is 39.6 Å². The van der Waals surface area contributed by atoms with Gasteiger partial charge in [0.1, 0.15) is 6.23 Å². The van der Waals surface area contributed by atoms with E-state index in [9.17, 15) is 18.3 Å². The molecule has 1 aliphatic rings. The summed E-state index contributed by atoms with van der Waals surface area (Å²) in [5.74, 6) is 0. The van der Waals surface area contributed by atoms with Crippen LogP contribution >= 0.6 is 34.8 Å². The zero-order valence-corrected chi connectivity index (χ0v) is 20.6. The first kappa shape index (κ1) is 27.1. The smallest absolute Gasteiger partial charge is 0.374 e. The van der Waals surface area contributed by atoms with Crippen molar-refractivity contribution in [2.24, 2.45) is 5.16 Å². The quantitative estimate of drug-likeness (QED) is 0.192. The third-order valence-corrected chi connectivity index (χ3v) is 6.02. The van der Waals surface area contributed by atoms with Crippen molar-refractivity contribution in [1.82, 2.24) is 10.9 Å². The molecule has 0 saturated carbocycles. The third kappa shape index (κ3) is 6.20. The van der Waals surface area contributed by atoms with E-state index in [1.165, 1.54) is 18.2 Å². The Balaban J connectivity index is 1.86. The third-order valence-electron chi connectivity index (χ3n) is 5.23. The summed E-state index contributed by atoms with van der Waals surface area (Å²) in [6.07, 6.45) is -3.72. The van der Waals surface area contributed by atoms with E-state index in [0.29, 0.717) is 11.1 Å². The Labute approximate surface area is 215 Å². The summed E-state index contributed by atoms with van der Waals surface area (Å²) in [5, 5.41) is 14.3. The van der Waals surface area contributed by atoms with E-state index in [1.807, 2.05) is 0 Å². The van der Waals surface area contributed by atoms with Crippen molar-refractivity contribution in [3.05, 3.63) is 105 Å². The van der Waals surface area contributed by atoms with Gasteiger partial charge in [-0.25, -0.2) is 5.43 Å². The van der Waals surface area contributed by atoms with E-state index >= 15 is 0 Å². The topological polar surface area (TPSA) is 65.9 Å². The summed E-state index contributed by atoms with van der Waals surface area (Å²) in [6.45, 7) is 5.16. The number of allylic oxidation sites excluding steroid dienone is 4. The second-order valence-electron chi connectivity index (χ2n) is 7.66. The van der Waals surface area contributed by atoms with E-state index in [2.05, 4.69) is 22.6 Å². The van der Waals surface area contributed by atoms with Gasteiger partial charge in [0.25, 0.3) is 5.60 Å². The summed E-state index contributed by atoms with van der Waals surface area (Å²) < 4.78 is 42.7. The van der Waals surface area contributed by atoms with E-state index in [-0.39, 0.29) is 32.0 Å². The lowest BCUT2D eigenvalue weighted by molar-refractivity contribution is -0.275. The minimum Gasteiger partial charge on any atom is -0.374 e. The number of hydrogen-bond acceptors (Lipinski definition) is 5. The largest absolute Gasteiger partial charge is 0.435 e. The van der Waals surface area contributed by atoms with Crippen LogP contribution < -0.4 is 10.9 Å². The van der Waals surface area contributed by atoms with E-state index in [1.54, 1.807) is 37.3 Å². The van der Waals surface area contributed by atoms with Crippen LogP contribution in [0.5, 0.6) is 0 Å². The lowest BCUT2D eigenvalue weighted by atomic mass is 9.86. The Morgan fingerprint density at radius 2 is 1.83 bits per heavy atom. The molecule has 0 spiro atoms. The maximum Gasteiger partial charge on any atom is 0.435 e. The van der Waals surface area contributed by atoms with Crippen molar-refractivity contribution in [1.29, 1.82) is 0 Å². The molecule has 11 heteroatoms. The van der Waals surface area contributed by atoms with Crippen LogP contribution in [0.3, 0.4) is 0 Å². The van der Waals surface area contributed by atoms with Gasteiger partial charge < -0.3 is 15.4 Å². The average molecular weight is 547 g/mol. The Hall–Kier alpha value is -2.49. The molecule has 35 heavy (non-hydrogen) atoms. The van der Waals surface area contributed by atoms with Gasteiger partial charge in [0.05, 0.1) is 16.4 Å². The molecule has 0 bridgehead atoms. The number of aliphatic hydroxyl groups is 1. The maximum atomic E-state index is 14.2. The molecule has 0 radical (unpaired) electrons. The first-order chi connectivity index (χ1) is 16.5. The molecule has 1 aliphatic heterocycles. The van der Waals surface area contributed by atoms with Gasteiger partial charge >= 0.3 is 6.18 Å². The fourth-order valence-corrected chi connectivity index (χ4v) is 3.97. The number of oxime groups is 1. The molecule has 1 heterocycles. The number of nitrogens with zero attached hydrogens (tertiary/aromatic N) is 1. The molecule has 2 aromatic rings. The second kappa shape index (κ2) is 11.1. The summed E-state index contributed by atoms with van der Waals surface area (Å²) in [7, 11) is 0. The standard InChI is InChI=1S/C24H21Cl3F3N3O2/c1-3-19(27)20(31-32-22(34)15-7-5-4-6-8-15)9-14(2)21-13-23(35-33-21,24(28,29)30)16-10-17(25)12-18(26)11-16/h3-12,22,31-32,34H,1,13H2,2H3/b14-9+,20-19-. The number of nitrogens with one attached hydrogen (secondary N) is 2. The van der Waals surface area contributed by atoms with Crippen molar-refractivity contribution in [3.63, 3.8) is 0 Å². The fourth-order valence-electron chi connectivity index (χ4n) is 3.34. The van der Waals surface area contributed by atoms with Crippen LogP contribution in [0.25, 0.3) is 0 Å². The number of aliphatic hydroxyl groups excluding tert-OH is 1. The molecule has 0 aliphatic carbocycles. The number of alkyl halides is 3. The van der Waals surface area contributed by atoms with Crippen molar-refractivity contribution in [2.75, 3.05) is 0 Å². The number of hydrogen-bond donors (Lipinski definition) is 3. The Bertz CT molecular complexity index is 1160. The average Bonchev–Trinajstić information content (AvgIpc) is 3.28.